The molecule has 1 saturated heterocycles. The van der Waals surface area contributed by atoms with E-state index in [-0.39, 0.29) is 31.1 Å². The van der Waals surface area contributed by atoms with Crippen LogP contribution in [-0.4, -0.2) is 61.0 Å². The van der Waals surface area contributed by atoms with E-state index >= 15 is 0 Å². The number of nitrogens with zero attached hydrogens (tertiary/aromatic N) is 1. The fourth-order valence-electron chi connectivity index (χ4n) is 5.34. The number of ether oxygens (including phenoxy) is 3. The standard InChI is InChI=1S/C29H38N2O6/c1-20(32)29(2)19-31(27(33)16-30-28(34)36-18-21-9-5-4-6-10-21)17-24(29)22-13-14-25(35-3)26(15-22)37-23-11-7-8-12-23/h4-6,9-10,13-15,20,23-24,32H,7-8,11-12,16-19H2,1-3H3,(H,30,34)/t20-,24+,29+/m1/s1. The summed E-state index contributed by atoms with van der Waals surface area (Å²) in [7, 11) is 1.63. The molecule has 1 aliphatic heterocycles. The first-order valence-corrected chi connectivity index (χ1v) is 13.0. The highest BCUT2D eigenvalue weighted by atomic mass is 16.5. The zero-order valence-electron chi connectivity index (χ0n) is 21.9. The number of carbonyl (C=O) groups excluding carboxylic acids is 2. The van der Waals surface area contributed by atoms with Gasteiger partial charge in [0.25, 0.3) is 0 Å². The summed E-state index contributed by atoms with van der Waals surface area (Å²) in [6, 6.07) is 15.2. The normalized spacial score (nSPS) is 22.5. The summed E-state index contributed by atoms with van der Waals surface area (Å²) >= 11 is 0. The van der Waals surface area contributed by atoms with Crippen LogP contribution in [0.25, 0.3) is 0 Å². The van der Waals surface area contributed by atoms with E-state index < -0.39 is 17.6 Å². The van der Waals surface area contributed by atoms with E-state index in [1.165, 1.54) is 12.8 Å². The van der Waals surface area contributed by atoms with E-state index in [1.54, 1.807) is 18.9 Å². The monoisotopic (exact) mass is 510 g/mol. The Labute approximate surface area is 218 Å². The molecule has 2 aliphatic rings. The van der Waals surface area contributed by atoms with Crippen molar-refractivity contribution < 1.29 is 28.9 Å². The lowest BCUT2D eigenvalue weighted by Gasteiger charge is -2.34. The molecule has 0 bridgehead atoms. The van der Waals surface area contributed by atoms with Crippen molar-refractivity contribution in [1.29, 1.82) is 0 Å². The molecule has 8 nitrogen and oxygen atoms in total. The molecular formula is C29H38N2O6. The molecule has 2 fully saturated rings. The second kappa shape index (κ2) is 11.9. The van der Waals surface area contributed by atoms with Crippen molar-refractivity contribution in [1.82, 2.24) is 10.2 Å². The van der Waals surface area contributed by atoms with Crippen LogP contribution in [0.15, 0.2) is 48.5 Å². The van der Waals surface area contributed by atoms with Crippen LogP contribution in [0.4, 0.5) is 4.79 Å². The molecule has 3 atom stereocenters. The van der Waals surface area contributed by atoms with Crippen molar-refractivity contribution in [2.45, 2.75) is 64.3 Å². The van der Waals surface area contributed by atoms with Gasteiger partial charge in [0.15, 0.2) is 11.5 Å². The molecule has 1 heterocycles. The van der Waals surface area contributed by atoms with Gasteiger partial charge in [-0.1, -0.05) is 43.3 Å². The van der Waals surface area contributed by atoms with Gasteiger partial charge in [0.2, 0.25) is 5.91 Å². The van der Waals surface area contributed by atoms with E-state index in [9.17, 15) is 14.7 Å². The molecule has 0 spiro atoms. The molecule has 37 heavy (non-hydrogen) atoms. The lowest BCUT2D eigenvalue weighted by Crippen LogP contribution is -2.41. The van der Waals surface area contributed by atoms with Crippen molar-refractivity contribution in [3.8, 4) is 11.5 Å². The van der Waals surface area contributed by atoms with Gasteiger partial charge in [-0.3, -0.25) is 4.79 Å². The minimum absolute atomic E-state index is 0.113. The van der Waals surface area contributed by atoms with Gasteiger partial charge in [0.05, 0.1) is 19.3 Å². The molecule has 2 aromatic rings. The van der Waals surface area contributed by atoms with Gasteiger partial charge in [-0.25, -0.2) is 4.79 Å². The fourth-order valence-corrected chi connectivity index (χ4v) is 5.34. The number of likely N-dealkylation sites (tertiary alicyclic amines) is 1. The number of rotatable bonds is 9. The number of nitrogens with one attached hydrogen (secondary N) is 1. The number of benzene rings is 2. The third kappa shape index (κ3) is 6.36. The van der Waals surface area contributed by atoms with Gasteiger partial charge >= 0.3 is 6.09 Å². The van der Waals surface area contributed by atoms with Crippen molar-refractivity contribution in [2.75, 3.05) is 26.7 Å². The van der Waals surface area contributed by atoms with Gasteiger partial charge in [-0.2, -0.15) is 0 Å². The highest BCUT2D eigenvalue weighted by molar-refractivity contribution is 5.82. The van der Waals surface area contributed by atoms with Crippen LogP contribution in [0, 0.1) is 5.41 Å². The third-order valence-corrected chi connectivity index (χ3v) is 7.82. The summed E-state index contributed by atoms with van der Waals surface area (Å²) < 4.78 is 17.0. The second-order valence-corrected chi connectivity index (χ2v) is 10.4. The Morgan fingerprint density at radius 1 is 1.14 bits per heavy atom. The number of alkyl carbamates (subject to hydrolysis) is 1. The minimum atomic E-state index is -0.652. The Bertz CT molecular complexity index is 1070. The molecule has 0 unspecified atom stereocenters. The van der Waals surface area contributed by atoms with Gasteiger partial charge in [0.1, 0.15) is 13.2 Å². The summed E-state index contributed by atoms with van der Waals surface area (Å²) in [5.41, 5.74) is 1.29. The summed E-state index contributed by atoms with van der Waals surface area (Å²) in [4.78, 5) is 26.9. The summed E-state index contributed by atoms with van der Waals surface area (Å²) in [5.74, 6) is 1.05. The number of hydrogen-bond donors (Lipinski definition) is 2. The quantitative estimate of drug-likeness (QED) is 0.523. The Hall–Kier alpha value is -3.26. The molecule has 8 heteroatoms. The van der Waals surface area contributed by atoms with Crippen molar-refractivity contribution in [3.63, 3.8) is 0 Å². The lowest BCUT2D eigenvalue weighted by molar-refractivity contribution is -0.129. The molecule has 1 saturated carbocycles. The molecule has 4 rings (SSSR count). The Balaban J connectivity index is 1.41. The summed E-state index contributed by atoms with van der Waals surface area (Å²) in [5, 5.41) is 13.3. The van der Waals surface area contributed by atoms with E-state index in [2.05, 4.69) is 5.32 Å². The van der Waals surface area contributed by atoms with Crippen LogP contribution in [0.3, 0.4) is 0 Å². The average Bonchev–Trinajstić information content (AvgIpc) is 3.55. The number of hydrogen-bond acceptors (Lipinski definition) is 6. The Kier molecular flexibility index (Phi) is 8.59. The molecular weight excluding hydrogens is 472 g/mol. The topological polar surface area (TPSA) is 97.3 Å². The van der Waals surface area contributed by atoms with Crippen LogP contribution in [-0.2, 0) is 16.1 Å². The SMILES string of the molecule is COc1ccc([C@@H]2CN(C(=O)CNC(=O)OCc3ccccc3)C[C@@]2(C)[C@@H](C)O)cc1OC1CCCC1. The molecule has 1 aliphatic carbocycles. The van der Waals surface area contributed by atoms with Crippen LogP contribution in [0.2, 0.25) is 0 Å². The number of amides is 2. The maximum absolute atomic E-state index is 13.0. The number of carbonyl (C=O) groups is 2. The maximum atomic E-state index is 13.0. The largest absolute Gasteiger partial charge is 0.493 e. The highest BCUT2D eigenvalue weighted by Gasteiger charge is 2.48. The molecule has 2 aromatic carbocycles. The second-order valence-electron chi connectivity index (χ2n) is 10.4. The Morgan fingerprint density at radius 2 is 1.86 bits per heavy atom. The van der Waals surface area contributed by atoms with Crippen molar-refractivity contribution in [2.24, 2.45) is 5.41 Å². The van der Waals surface area contributed by atoms with E-state index in [0.29, 0.717) is 24.6 Å². The van der Waals surface area contributed by atoms with Gasteiger partial charge in [-0.05, 0) is 55.9 Å². The molecule has 2 N–H and O–H groups in total. The van der Waals surface area contributed by atoms with Crippen LogP contribution < -0.4 is 14.8 Å². The van der Waals surface area contributed by atoms with Crippen LogP contribution in [0.1, 0.15) is 56.6 Å². The molecule has 0 aromatic heterocycles. The minimum Gasteiger partial charge on any atom is -0.493 e. The third-order valence-electron chi connectivity index (χ3n) is 7.82. The predicted molar refractivity (Wildman–Crippen MR) is 140 cm³/mol. The summed E-state index contributed by atoms with van der Waals surface area (Å²) in [6.07, 6.45) is 3.29. The van der Waals surface area contributed by atoms with E-state index in [4.69, 9.17) is 14.2 Å². The van der Waals surface area contributed by atoms with Crippen LogP contribution >= 0.6 is 0 Å². The number of aliphatic hydroxyl groups excluding tert-OH is 1. The molecule has 200 valence electrons. The maximum Gasteiger partial charge on any atom is 0.407 e. The first-order chi connectivity index (χ1) is 17.8. The zero-order valence-corrected chi connectivity index (χ0v) is 21.9. The lowest BCUT2D eigenvalue weighted by atomic mass is 9.72. The van der Waals surface area contributed by atoms with Gasteiger partial charge < -0.3 is 29.5 Å². The first kappa shape index (κ1) is 26.8. The van der Waals surface area contributed by atoms with Crippen molar-refractivity contribution in [3.05, 3.63) is 59.7 Å². The molecule has 0 radical (unpaired) electrons. The molecule has 2 amide bonds. The van der Waals surface area contributed by atoms with E-state index in [0.717, 1.165) is 24.0 Å². The smallest absolute Gasteiger partial charge is 0.407 e. The number of methoxy groups -OCH3 is 1. The van der Waals surface area contributed by atoms with E-state index in [1.807, 2.05) is 55.5 Å². The number of aliphatic hydroxyl groups is 1. The van der Waals surface area contributed by atoms with Crippen LogP contribution in [0.5, 0.6) is 11.5 Å². The van der Waals surface area contributed by atoms with Gasteiger partial charge in [0, 0.05) is 24.4 Å². The zero-order chi connectivity index (χ0) is 26.4. The fraction of sp³-hybridized carbons (Fsp3) is 0.517. The average molecular weight is 511 g/mol. The highest BCUT2D eigenvalue weighted by Crippen LogP contribution is 2.47. The predicted octanol–water partition coefficient (Wildman–Crippen LogP) is 4.26. The first-order valence-electron chi connectivity index (χ1n) is 13.0. The Morgan fingerprint density at radius 3 is 2.54 bits per heavy atom. The van der Waals surface area contributed by atoms with Gasteiger partial charge in [-0.15, -0.1) is 0 Å². The van der Waals surface area contributed by atoms with Crippen molar-refractivity contribution >= 4 is 12.0 Å². The summed E-state index contributed by atoms with van der Waals surface area (Å²) in [6.45, 7) is 4.53.